The lowest BCUT2D eigenvalue weighted by atomic mass is 10.1. The van der Waals surface area contributed by atoms with Gasteiger partial charge in [0.05, 0.1) is 0 Å². The third-order valence-electron chi connectivity index (χ3n) is 3.99. The Morgan fingerprint density at radius 1 is 0.929 bits per heavy atom. The van der Waals surface area contributed by atoms with Gasteiger partial charge < -0.3 is 20.1 Å². The summed E-state index contributed by atoms with van der Waals surface area (Å²) in [5.41, 5.74) is 3.33. The van der Waals surface area contributed by atoms with Crippen molar-refractivity contribution < 1.29 is 23.9 Å². The predicted octanol–water partition coefficient (Wildman–Crippen LogP) is 3.21. The van der Waals surface area contributed by atoms with Gasteiger partial charge in [-0.1, -0.05) is 6.07 Å². The number of esters is 1. The van der Waals surface area contributed by atoms with Crippen LogP contribution in [0.3, 0.4) is 0 Å². The summed E-state index contributed by atoms with van der Waals surface area (Å²) in [5, 5.41) is 5.28. The van der Waals surface area contributed by atoms with Crippen molar-refractivity contribution in [2.24, 2.45) is 0 Å². The normalized spacial score (nSPS) is 11.3. The van der Waals surface area contributed by atoms with Crippen LogP contribution >= 0.6 is 0 Å². The molecule has 2 aromatic rings. The summed E-state index contributed by atoms with van der Waals surface area (Å²) in [5.74, 6) is -0.717. The number of anilines is 2. The summed E-state index contributed by atoms with van der Waals surface area (Å²) in [7, 11) is 0. The predicted molar refractivity (Wildman–Crippen MR) is 106 cm³/mol. The van der Waals surface area contributed by atoms with E-state index in [0.717, 1.165) is 11.1 Å². The van der Waals surface area contributed by atoms with Gasteiger partial charge >= 0.3 is 5.97 Å². The fourth-order valence-electron chi connectivity index (χ4n) is 2.31. The number of aryl methyl sites for hydroxylation is 2. The smallest absolute Gasteiger partial charge is 0.344 e. The van der Waals surface area contributed by atoms with E-state index in [9.17, 15) is 14.4 Å². The molecule has 0 heterocycles. The fraction of sp³-hybridized carbons (Fsp3) is 0.286. The molecule has 0 spiro atoms. The number of carbonyl (C=O) groups excluding carboxylic acids is 3. The van der Waals surface area contributed by atoms with Crippen molar-refractivity contribution in [3.05, 3.63) is 53.6 Å². The summed E-state index contributed by atoms with van der Waals surface area (Å²) in [6.07, 6.45) is -0.981. The van der Waals surface area contributed by atoms with Crippen molar-refractivity contribution in [3.8, 4) is 5.75 Å². The Hall–Kier alpha value is -3.35. The summed E-state index contributed by atoms with van der Waals surface area (Å²) < 4.78 is 10.5. The van der Waals surface area contributed by atoms with Gasteiger partial charge in [-0.15, -0.1) is 0 Å². The molecule has 1 atom stereocenters. The Balaban J connectivity index is 1.81. The molecular weight excluding hydrogens is 360 g/mol. The first-order valence-corrected chi connectivity index (χ1v) is 8.82. The highest BCUT2D eigenvalue weighted by Crippen LogP contribution is 2.17. The van der Waals surface area contributed by atoms with Crippen LogP contribution in [0.15, 0.2) is 42.5 Å². The lowest BCUT2D eigenvalue weighted by molar-refractivity contribution is -0.155. The van der Waals surface area contributed by atoms with Crippen LogP contribution < -0.4 is 15.4 Å². The van der Waals surface area contributed by atoms with E-state index in [1.165, 1.54) is 13.8 Å². The first-order valence-electron chi connectivity index (χ1n) is 8.82. The number of rotatable bonds is 7. The number of hydrogen-bond acceptors (Lipinski definition) is 5. The average Bonchev–Trinajstić information content (AvgIpc) is 2.63. The summed E-state index contributed by atoms with van der Waals surface area (Å²) in [6, 6.07) is 12.1. The summed E-state index contributed by atoms with van der Waals surface area (Å²) in [6.45, 7) is 6.55. The molecule has 28 heavy (non-hydrogen) atoms. The van der Waals surface area contributed by atoms with Crippen LogP contribution in [0.25, 0.3) is 0 Å². The Labute approximate surface area is 164 Å². The molecule has 2 amide bonds. The van der Waals surface area contributed by atoms with Crippen LogP contribution in [0, 0.1) is 13.8 Å². The van der Waals surface area contributed by atoms with Gasteiger partial charge in [-0.3, -0.25) is 9.59 Å². The fourth-order valence-corrected chi connectivity index (χ4v) is 2.31. The van der Waals surface area contributed by atoms with Gasteiger partial charge in [0.1, 0.15) is 5.75 Å². The highest BCUT2D eigenvalue weighted by Gasteiger charge is 2.18. The topological polar surface area (TPSA) is 93.7 Å². The third-order valence-corrected chi connectivity index (χ3v) is 3.99. The number of benzene rings is 2. The van der Waals surface area contributed by atoms with Crippen LogP contribution in [-0.2, 0) is 19.1 Å². The second-order valence-corrected chi connectivity index (χ2v) is 6.41. The second kappa shape index (κ2) is 9.55. The van der Waals surface area contributed by atoms with E-state index in [1.54, 1.807) is 30.3 Å². The Morgan fingerprint density at radius 3 is 2.11 bits per heavy atom. The van der Waals surface area contributed by atoms with Crippen molar-refractivity contribution in [3.63, 3.8) is 0 Å². The second-order valence-electron chi connectivity index (χ2n) is 6.41. The molecule has 0 saturated carbocycles. The molecule has 0 aliphatic rings. The molecule has 148 valence electrons. The van der Waals surface area contributed by atoms with Crippen molar-refractivity contribution in [2.75, 3.05) is 17.2 Å². The zero-order valence-electron chi connectivity index (χ0n) is 16.4. The Bertz CT molecular complexity index is 862. The summed E-state index contributed by atoms with van der Waals surface area (Å²) >= 11 is 0. The third kappa shape index (κ3) is 6.42. The van der Waals surface area contributed by atoms with E-state index in [0.29, 0.717) is 17.1 Å². The molecule has 0 fully saturated rings. The van der Waals surface area contributed by atoms with E-state index in [4.69, 9.17) is 9.47 Å². The highest BCUT2D eigenvalue weighted by atomic mass is 16.6. The minimum atomic E-state index is -0.981. The molecule has 0 aromatic heterocycles. The van der Waals surface area contributed by atoms with Crippen molar-refractivity contribution >= 4 is 29.2 Å². The van der Waals surface area contributed by atoms with Gasteiger partial charge in [-0.25, -0.2) is 4.79 Å². The van der Waals surface area contributed by atoms with Crippen LogP contribution in [-0.4, -0.2) is 30.5 Å². The van der Waals surface area contributed by atoms with E-state index < -0.39 is 18.0 Å². The maximum atomic E-state index is 12.2. The molecule has 2 aromatic carbocycles. The first kappa shape index (κ1) is 21.0. The van der Waals surface area contributed by atoms with Crippen LogP contribution in [0.4, 0.5) is 11.4 Å². The largest absolute Gasteiger partial charge is 0.482 e. The first-order chi connectivity index (χ1) is 13.2. The maximum Gasteiger partial charge on any atom is 0.344 e. The molecule has 0 aliphatic carbocycles. The number of nitrogens with one attached hydrogen (secondary N) is 2. The summed E-state index contributed by atoms with van der Waals surface area (Å²) in [4.78, 5) is 35.1. The molecule has 0 bridgehead atoms. The molecule has 2 N–H and O–H groups in total. The van der Waals surface area contributed by atoms with Gasteiger partial charge in [0, 0.05) is 18.3 Å². The van der Waals surface area contributed by atoms with Gasteiger partial charge in [-0.05, 0) is 68.3 Å². The van der Waals surface area contributed by atoms with E-state index in [2.05, 4.69) is 10.6 Å². The van der Waals surface area contributed by atoms with Gasteiger partial charge in [0.25, 0.3) is 5.91 Å². The van der Waals surface area contributed by atoms with Gasteiger partial charge in [0.15, 0.2) is 12.7 Å². The van der Waals surface area contributed by atoms with Crippen LogP contribution in [0.2, 0.25) is 0 Å². The molecule has 0 aliphatic heterocycles. The van der Waals surface area contributed by atoms with Crippen LogP contribution in [0.1, 0.15) is 25.0 Å². The van der Waals surface area contributed by atoms with Crippen molar-refractivity contribution in [1.82, 2.24) is 0 Å². The van der Waals surface area contributed by atoms with Crippen molar-refractivity contribution in [1.29, 1.82) is 0 Å². The van der Waals surface area contributed by atoms with Crippen LogP contribution in [0.5, 0.6) is 5.75 Å². The minimum absolute atomic E-state index is 0.180. The number of carbonyl (C=O) groups is 3. The van der Waals surface area contributed by atoms with Gasteiger partial charge in [0.2, 0.25) is 5.91 Å². The SMILES string of the molecule is CC(=O)Nc1ccc(NC(=O)[C@@H](C)OC(=O)COc2ccc(C)c(C)c2)cc1. The highest BCUT2D eigenvalue weighted by molar-refractivity contribution is 5.95. The Morgan fingerprint density at radius 2 is 1.54 bits per heavy atom. The monoisotopic (exact) mass is 384 g/mol. The lowest BCUT2D eigenvalue weighted by Gasteiger charge is -2.14. The maximum absolute atomic E-state index is 12.2. The zero-order chi connectivity index (χ0) is 20.7. The molecule has 0 radical (unpaired) electrons. The molecular formula is C21H24N2O5. The van der Waals surface area contributed by atoms with E-state index >= 15 is 0 Å². The standard InChI is InChI=1S/C21H24N2O5/c1-13-5-10-19(11-14(13)2)27-12-20(25)28-15(3)21(26)23-18-8-6-17(7-9-18)22-16(4)24/h5-11,15H,12H2,1-4H3,(H,22,24)(H,23,26)/t15-/m1/s1. The number of ether oxygens (including phenoxy) is 2. The minimum Gasteiger partial charge on any atom is -0.482 e. The van der Waals surface area contributed by atoms with Crippen molar-refractivity contribution in [2.45, 2.75) is 33.8 Å². The molecule has 2 rings (SSSR count). The molecule has 0 unspecified atom stereocenters. The molecule has 7 heteroatoms. The average molecular weight is 384 g/mol. The molecule has 7 nitrogen and oxygen atoms in total. The van der Waals surface area contributed by atoms with E-state index in [-0.39, 0.29) is 12.5 Å². The Kier molecular flexibility index (Phi) is 7.14. The van der Waals surface area contributed by atoms with E-state index in [1.807, 2.05) is 26.0 Å². The van der Waals surface area contributed by atoms with Gasteiger partial charge in [-0.2, -0.15) is 0 Å². The zero-order valence-corrected chi connectivity index (χ0v) is 16.4. The number of hydrogen-bond donors (Lipinski definition) is 2. The lowest BCUT2D eigenvalue weighted by Crippen LogP contribution is -2.31. The molecule has 0 saturated heterocycles. The quantitative estimate of drug-likeness (QED) is 0.715. The number of amides is 2.